The third-order valence-corrected chi connectivity index (χ3v) is 4.48. The molecular formula is C14H16N4O5S. The molecule has 0 unspecified atom stereocenters. The van der Waals surface area contributed by atoms with Crippen molar-refractivity contribution in [2.24, 2.45) is 0 Å². The van der Waals surface area contributed by atoms with E-state index in [4.69, 9.17) is 5.11 Å². The van der Waals surface area contributed by atoms with Gasteiger partial charge in [0.25, 0.3) is 0 Å². The Labute approximate surface area is 141 Å². The first-order valence-electron chi connectivity index (χ1n) is 7.06. The van der Waals surface area contributed by atoms with Crippen LogP contribution in [0.15, 0.2) is 12.1 Å². The number of rotatable bonds is 7. The fourth-order valence-electron chi connectivity index (χ4n) is 2.24. The smallest absolute Gasteiger partial charge is 0.345 e. The zero-order valence-corrected chi connectivity index (χ0v) is 13.9. The fraction of sp³-hybridized carbons (Fsp3) is 0.357. The van der Waals surface area contributed by atoms with Crippen LogP contribution in [0.2, 0.25) is 0 Å². The average molecular weight is 352 g/mol. The molecule has 0 aromatic carbocycles. The molecule has 0 spiro atoms. The average Bonchev–Trinajstić information content (AvgIpc) is 3.08. The number of carboxylic acid groups (broad SMARTS) is 1. The number of carboxylic acids is 1. The van der Waals surface area contributed by atoms with E-state index in [1.54, 1.807) is 19.9 Å². The number of thiophene rings is 1. The van der Waals surface area contributed by atoms with Crippen molar-refractivity contribution >= 4 is 28.9 Å². The van der Waals surface area contributed by atoms with Gasteiger partial charge in [0.05, 0.1) is 18.0 Å². The minimum atomic E-state index is -0.997. The Morgan fingerprint density at radius 1 is 1.42 bits per heavy atom. The molecular weight excluding hydrogens is 336 g/mol. The van der Waals surface area contributed by atoms with Gasteiger partial charge in [0.1, 0.15) is 16.3 Å². The van der Waals surface area contributed by atoms with Gasteiger partial charge in [-0.2, -0.15) is 5.10 Å². The Bertz CT molecular complexity index is 795. The fourth-order valence-corrected chi connectivity index (χ4v) is 3.03. The van der Waals surface area contributed by atoms with Crippen molar-refractivity contribution in [3.8, 4) is 0 Å². The lowest BCUT2D eigenvalue weighted by atomic mass is 10.3. The summed E-state index contributed by atoms with van der Waals surface area (Å²) < 4.78 is 1.45. The highest BCUT2D eigenvalue weighted by Crippen LogP contribution is 2.21. The summed E-state index contributed by atoms with van der Waals surface area (Å²) in [5, 5.41) is 26.5. The molecule has 0 radical (unpaired) electrons. The van der Waals surface area contributed by atoms with E-state index in [0.717, 1.165) is 16.2 Å². The van der Waals surface area contributed by atoms with Crippen molar-refractivity contribution in [1.82, 2.24) is 15.1 Å². The Hall–Kier alpha value is -2.75. The van der Waals surface area contributed by atoms with Crippen molar-refractivity contribution in [1.29, 1.82) is 0 Å². The van der Waals surface area contributed by atoms with Gasteiger partial charge in [0, 0.05) is 11.3 Å². The lowest BCUT2D eigenvalue weighted by molar-refractivity contribution is -0.386. The Kier molecular flexibility index (Phi) is 5.29. The van der Waals surface area contributed by atoms with Crippen LogP contribution in [-0.2, 0) is 17.9 Å². The van der Waals surface area contributed by atoms with Crippen LogP contribution in [0.25, 0.3) is 0 Å². The van der Waals surface area contributed by atoms with Gasteiger partial charge >= 0.3 is 11.7 Å². The largest absolute Gasteiger partial charge is 0.477 e. The summed E-state index contributed by atoms with van der Waals surface area (Å²) in [4.78, 5) is 34.1. The number of nitrogens with one attached hydrogen (secondary N) is 1. The van der Waals surface area contributed by atoms with Crippen LogP contribution in [0, 0.1) is 24.0 Å². The molecule has 9 nitrogen and oxygen atoms in total. The van der Waals surface area contributed by atoms with Crippen molar-refractivity contribution in [3.05, 3.63) is 43.4 Å². The van der Waals surface area contributed by atoms with Gasteiger partial charge in [-0.3, -0.25) is 19.6 Å². The van der Waals surface area contributed by atoms with E-state index in [2.05, 4.69) is 10.4 Å². The quantitative estimate of drug-likeness (QED) is 0.578. The van der Waals surface area contributed by atoms with Crippen LogP contribution in [0.1, 0.15) is 32.4 Å². The summed E-state index contributed by atoms with van der Waals surface area (Å²) in [5.41, 5.74) is 0.697. The summed E-state index contributed by atoms with van der Waals surface area (Å²) in [6.45, 7) is 3.62. The minimum Gasteiger partial charge on any atom is -0.477 e. The van der Waals surface area contributed by atoms with Gasteiger partial charge in [-0.05, 0) is 26.0 Å². The molecule has 2 heterocycles. The molecule has 0 aliphatic rings. The molecule has 10 heteroatoms. The van der Waals surface area contributed by atoms with Crippen molar-refractivity contribution in [3.63, 3.8) is 0 Å². The van der Waals surface area contributed by atoms with Crippen LogP contribution in [0.3, 0.4) is 0 Å². The van der Waals surface area contributed by atoms with E-state index < -0.39 is 10.9 Å². The molecule has 0 saturated carbocycles. The number of hydrogen-bond acceptors (Lipinski definition) is 6. The monoisotopic (exact) mass is 352 g/mol. The first-order valence-corrected chi connectivity index (χ1v) is 7.88. The van der Waals surface area contributed by atoms with E-state index in [0.29, 0.717) is 11.4 Å². The van der Waals surface area contributed by atoms with Gasteiger partial charge in [0.2, 0.25) is 5.91 Å². The lowest BCUT2D eigenvalue weighted by Crippen LogP contribution is -2.23. The summed E-state index contributed by atoms with van der Waals surface area (Å²) in [6, 6.07) is 3.14. The molecule has 2 rings (SSSR count). The van der Waals surface area contributed by atoms with E-state index in [1.807, 2.05) is 0 Å². The van der Waals surface area contributed by atoms with Crippen LogP contribution < -0.4 is 5.32 Å². The molecule has 0 aliphatic heterocycles. The van der Waals surface area contributed by atoms with Gasteiger partial charge < -0.3 is 10.4 Å². The number of nitrogens with zero attached hydrogens (tertiary/aromatic N) is 3. The lowest BCUT2D eigenvalue weighted by Gasteiger charge is -2.05. The first kappa shape index (κ1) is 17.6. The molecule has 2 N–H and O–H groups in total. The van der Waals surface area contributed by atoms with E-state index in [-0.39, 0.29) is 36.0 Å². The third-order valence-electron chi connectivity index (χ3n) is 3.41. The highest BCUT2D eigenvalue weighted by molar-refractivity contribution is 7.13. The maximum Gasteiger partial charge on any atom is 0.345 e. The SMILES string of the molecule is Cc1nn(CCC(=O)NCc2ccc(C(=O)O)s2)c(C)c1[N+](=O)[O-]. The second-order valence-electron chi connectivity index (χ2n) is 5.10. The molecule has 0 bridgehead atoms. The van der Waals surface area contributed by atoms with E-state index in [1.165, 1.54) is 10.7 Å². The molecule has 0 atom stereocenters. The summed E-state index contributed by atoms with van der Waals surface area (Å²) in [6.07, 6.45) is 0.121. The number of carbonyl (C=O) groups is 2. The molecule has 0 aliphatic carbocycles. The summed E-state index contributed by atoms with van der Waals surface area (Å²) in [5.74, 6) is -1.24. The van der Waals surface area contributed by atoms with Crippen LogP contribution >= 0.6 is 11.3 Å². The van der Waals surface area contributed by atoms with Crippen LogP contribution in [0.5, 0.6) is 0 Å². The normalized spacial score (nSPS) is 10.6. The minimum absolute atomic E-state index is 0.0322. The van der Waals surface area contributed by atoms with Crippen molar-refractivity contribution < 1.29 is 19.6 Å². The highest BCUT2D eigenvalue weighted by atomic mass is 32.1. The van der Waals surface area contributed by atoms with Crippen molar-refractivity contribution in [2.75, 3.05) is 0 Å². The van der Waals surface area contributed by atoms with Crippen LogP contribution in [0.4, 0.5) is 5.69 Å². The number of carbonyl (C=O) groups excluding carboxylic acids is 1. The standard InChI is InChI=1S/C14H16N4O5S/c1-8-13(18(22)23)9(2)17(16-8)6-5-12(19)15-7-10-3-4-11(24-10)14(20)21/h3-4H,5-7H2,1-2H3,(H,15,19)(H,20,21). The zero-order chi connectivity index (χ0) is 17.9. The number of nitro groups is 1. The van der Waals surface area contributed by atoms with Gasteiger partial charge in [-0.1, -0.05) is 0 Å². The van der Waals surface area contributed by atoms with Crippen LogP contribution in [-0.4, -0.2) is 31.7 Å². The van der Waals surface area contributed by atoms with Gasteiger partial charge in [-0.15, -0.1) is 11.3 Å². The number of aromatic nitrogens is 2. The Morgan fingerprint density at radius 3 is 2.67 bits per heavy atom. The number of aromatic carboxylic acids is 1. The maximum absolute atomic E-state index is 11.9. The van der Waals surface area contributed by atoms with Gasteiger partial charge in [-0.25, -0.2) is 4.79 Å². The van der Waals surface area contributed by atoms with E-state index >= 15 is 0 Å². The zero-order valence-electron chi connectivity index (χ0n) is 13.1. The predicted octanol–water partition coefficient (Wildman–Crippen LogP) is 1.87. The molecule has 24 heavy (non-hydrogen) atoms. The second kappa shape index (κ2) is 7.21. The molecule has 0 saturated heterocycles. The number of amides is 1. The Balaban J connectivity index is 1.88. The molecule has 2 aromatic rings. The first-order chi connectivity index (χ1) is 11.3. The number of aryl methyl sites for hydroxylation is 2. The molecule has 128 valence electrons. The van der Waals surface area contributed by atoms with Crippen molar-refractivity contribution in [2.45, 2.75) is 33.4 Å². The topological polar surface area (TPSA) is 127 Å². The van der Waals surface area contributed by atoms with E-state index in [9.17, 15) is 19.7 Å². The Morgan fingerprint density at radius 2 is 2.12 bits per heavy atom. The molecule has 0 fully saturated rings. The third kappa shape index (κ3) is 3.96. The summed E-state index contributed by atoms with van der Waals surface area (Å²) in [7, 11) is 0. The highest BCUT2D eigenvalue weighted by Gasteiger charge is 2.21. The predicted molar refractivity (Wildman–Crippen MR) is 86.1 cm³/mol. The maximum atomic E-state index is 11.9. The summed E-state index contributed by atoms with van der Waals surface area (Å²) >= 11 is 1.10. The molecule has 2 aromatic heterocycles. The molecule has 1 amide bonds. The number of hydrogen-bond donors (Lipinski definition) is 2. The second-order valence-corrected chi connectivity index (χ2v) is 6.27. The van der Waals surface area contributed by atoms with Gasteiger partial charge in [0.15, 0.2) is 0 Å².